The molecule has 1 N–H and O–H groups in total. The Balaban J connectivity index is 2.44. The molecule has 2 aromatic carbocycles. The van der Waals surface area contributed by atoms with Crippen molar-refractivity contribution in [1.29, 1.82) is 0 Å². The fraction of sp³-hybridized carbons (Fsp3) is 0. The average Bonchev–Trinajstić information content (AvgIpc) is 2.32. The third-order valence-corrected chi connectivity index (χ3v) is 2.96. The Kier molecular flexibility index (Phi) is 3.36. The second-order valence-electron chi connectivity index (χ2n) is 3.48. The quantitative estimate of drug-likeness (QED) is 0.837. The summed E-state index contributed by atoms with van der Waals surface area (Å²) in [5.41, 5.74) is 0.803. The van der Waals surface area contributed by atoms with Crippen LogP contribution in [0.15, 0.2) is 42.5 Å². The van der Waals surface area contributed by atoms with Crippen molar-refractivity contribution in [3.63, 3.8) is 0 Å². The lowest BCUT2D eigenvalue weighted by Gasteiger charge is -2.04. The first-order chi connectivity index (χ1) is 8.09. The van der Waals surface area contributed by atoms with Crippen LogP contribution in [0.5, 0.6) is 5.75 Å². The van der Waals surface area contributed by atoms with E-state index >= 15 is 0 Å². The van der Waals surface area contributed by atoms with E-state index < -0.39 is 0 Å². The van der Waals surface area contributed by atoms with Crippen molar-refractivity contribution in [3.05, 3.63) is 63.6 Å². The molecule has 0 radical (unpaired) electrons. The topological polar surface area (TPSA) is 37.3 Å². The van der Waals surface area contributed by atoms with E-state index in [2.05, 4.69) is 0 Å². The number of carbonyl (C=O) groups excluding carboxylic acids is 1. The smallest absolute Gasteiger partial charge is 0.194 e. The monoisotopic (exact) mass is 266 g/mol. The molecule has 0 aromatic heterocycles. The Morgan fingerprint density at radius 1 is 1.00 bits per heavy atom. The Hall–Kier alpha value is -1.51. The lowest BCUT2D eigenvalue weighted by molar-refractivity contribution is 0.103. The largest absolute Gasteiger partial charge is 0.506 e. The van der Waals surface area contributed by atoms with E-state index in [1.807, 2.05) is 0 Å². The van der Waals surface area contributed by atoms with Gasteiger partial charge in [-0.2, -0.15) is 0 Å². The molecule has 0 saturated carbocycles. The molecule has 2 rings (SSSR count). The van der Waals surface area contributed by atoms with Crippen LogP contribution in [0.4, 0.5) is 0 Å². The van der Waals surface area contributed by atoms with Gasteiger partial charge in [0.15, 0.2) is 5.78 Å². The molecule has 0 amide bonds. The Labute approximate surface area is 108 Å². The molecule has 0 aliphatic rings. The van der Waals surface area contributed by atoms with Gasteiger partial charge in [-0.15, -0.1) is 0 Å². The number of benzene rings is 2. The first-order valence-corrected chi connectivity index (χ1v) is 5.63. The second kappa shape index (κ2) is 4.78. The van der Waals surface area contributed by atoms with E-state index in [0.29, 0.717) is 16.1 Å². The van der Waals surface area contributed by atoms with Crippen molar-refractivity contribution in [2.75, 3.05) is 0 Å². The van der Waals surface area contributed by atoms with Gasteiger partial charge in [0.2, 0.25) is 0 Å². The molecule has 0 aliphatic heterocycles. The Morgan fingerprint density at radius 2 is 1.71 bits per heavy atom. The van der Waals surface area contributed by atoms with Crippen molar-refractivity contribution in [1.82, 2.24) is 0 Å². The lowest BCUT2D eigenvalue weighted by Crippen LogP contribution is -2.01. The van der Waals surface area contributed by atoms with E-state index in [-0.39, 0.29) is 16.6 Å². The van der Waals surface area contributed by atoms with Gasteiger partial charge < -0.3 is 5.11 Å². The number of hydrogen-bond donors (Lipinski definition) is 1. The molecule has 86 valence electrons. The molecule has 0 spiro atoms. The van der Waals surface area contributed by atoms with E-state index in [4.69, 9.17) is 23.2 Å². The maximum absolute atomic E-state index is 12.1. The van der Waals surface area contributed by atoms with Crippen molar-refractivity contribution in [2.24, 2.45) is 0 Å². The highest BCUT2D eigenvalue weighted by atomic mass is 35.5. The SMILES string of the molecule is O=C(c1ccc(O)c(Cl)c1)c1ccccc1Cl. The van der Waals surface area contributed by atoms with Gasteiger partial charge in [-0.1, -0.05) is 35.3 Å². The highest BCUT2D eigenvalue weighted by Gasteiger charge is 2.13. The summed E-state index contributed by atoms with van der Waals surface area (Å²) in [5, 5.41) is 9.81. The van der Waals surface area contributed by atoms with Crippen LogP contribution < -0.4 is 0 Å². The van der Waals surface area contributed by atoms with E-state index in [1.165, 1.54) is 18.2 Å². The molecule has 0 saturated heterocycles. The van der Waals surface area contributed by atoms with Crippen LogP contribution in [0, 0.1) is 0 Å². The fourth-order valence-corrected chi connectivity index (χ4v) is 1.85. The van der Waals surface area contributed by atoms with Gasteiger partial charge in [0, 0.05) is 11.1 Å². The van der Waals surface area contributed by atoms with Crippen LogP contribution >= 0.6 is 23.2 Å². The van der Waals surface area contributed by atoms with Crippen LogP contribution in [0.25, 0.3) is 0 Å². The first-order valence-electron chi connectivity index (χ1n) is 4.87. The zero-order chi connectivity index (χ0) is 12.4. The highest BCUT2D eigenvalue weighted by Crippen LogP contribution is 2.26. The molecular formula is C13H8Cl2O2. The second-order valence-corrected chi connectivity index (χ2v) is 4.29. The van der Waals surface area contributed by atoms with Crippen molar-refractivity contribution < 1.29 is 9.90 Å². The minimum atomic E-state index is -0.225. The van der Waals surface area contributed by atoms with Crippen LogP contribution in [-0.2, 0) is 0 Å². The normalized spacial score (nSPS) is 10.2. The third-order valence-electron chi connectivity index (χ3n) is 2.33. The van der Waals surface area contributed by atoms with Crippen molar-refractivity contribution in [3.8, 4) is 5.75 Å². The summed E-state index contributed by atoms with van der Waals surface area (Å²) in [6.07, 6.45) is 0. The summed E-state index contributed by atoms with van der Waals surface area (Å²) in [4.78, 5) is 12.1. The van der Waals surface area contributed by atoms with Gasteiger partial charge in [0.05, 0.1) is 10.0 Å². The van der Waals surface area contributed by atoms with Gasteiger partial charge in [-0.05, 0) is 30.3 Å². The molecule has 2 aromatic rings. The molecule has 0 heterocycles. The molecular weight excluding hydrogens is 259 g/mol. The number of aromatic hydroxyl groups is 1. The number of rotatable bonds is 2. The average molecular weight is 267 g/mol. The van der Waals surface area contributed by atoms with Crippen molar-refractivity contribution in [2.45, 2.75) is 0 Å². The van der Waals surface area contributed by atoms with Gasteiger partial charge in [0.1, 0.15) is 5.75 Å². The van der Waals surface area contributed by atoms with Gasteiger partial charge in [0.25, 0.3) is 0 Å². The predicted octanol–water partition coefficient (Wildman–Crippen LogP) is 3.93. The first kappa shape index (κ1) is 12.0. The Morgan fingerprint density at radius 3 is 2.35 bits per heavy atom. The van der Waals surface area contributed by atoms with Gasteiger partial charge in [-0.25, -0.2) is 0 Å². The molecule has 0 fully saturated rings. The number of phenols is 1. The summed E-state index contributed by atoms with van der Waals surface area (Å²) < 4.78 is 0. The maximum Gasteiger partial charge on any atom is 0.194 e. The van der Waals surface area contributed by atoms with E-state index in [0.717, 1.165) is 0 Å². The van der Waals surface area contributed by atoms with Crippen LogP contribution in [-0.4, -0.2) is 10.9 Å². The number of phenolic OH excluding ortho intramolecular Hbond substituents is 1. The third kappa shape index (κ3) is 2.43. The molecule has 0 atom stereocenters. The minimum Gasteiger partial charge on any atom is -0.506 e. The summed E-state index contributed by atoms with van der Waals surface area (Å²) >= 11 is 11.7. The molecule has 4 heteroatoms. The van der Waals surface area contributed by atoms with Crippen molar-refractivity contribution >= 4 is 29.0 Å². The van der Waals surface area contributed by atoms with E-state index in [9.17, 15) is 9.90 Å². The summed E-state index contributed by atoms with van der Waals surface area (Å²) in [7, 11) is 0. The van der Waals surface area contributed by atoms with E-state index in [1.54, 1.807) is 24.3 Å². The standard InChI is InChI=1S/C13H8Cl2O2/c14-10-4-2-1-3-9(10)13(17)8-5-6-12(16)11(15)7-8/h1-7,16H. The number of carbonyl (C=O) groups is 1. The number of halogens is 2. The highest BCUT2D eigenvalue weighted by molar-refractivity contribution is 6.35. The number of hydrogen-bond acceptors (Lipinski definition) is 2. The van der Waals surface area contributed by atoms with Crippen LogP contribution in [0.2, 0.25) is 10.0 Å². The summed E-state index contributed by atoms with van der Waals surface area (Å²) in [5.74, 6) is -0.278. The van der Waals surface area contributed by atoms with Gasteiger partial charge in [-0.3, -0.25) is 4.79 Å². The predicted molar refractivity (Wildman–Crippen MR) is 68.0 cm³/mol. The maximum atomic E-state index is 12.1. The lowest BCUT2D eigenvalue weighted by atomic mass is 10.0. The minimum absolute atomic E-state index is 0.0534. The van der Waals surface area contributed by atoms with Crippen LogP contribution in [0.1, 0.15) is 15.9 Å². The zero-order valence-corrected chi connectivity index (χ0v) is 10.2. The van der Waals surface area contributed by atoms with Crippen LogP contribution in [0.3, 0.4) is 0 Å². The Bertz CT molecular complexity index is 579. The fourth-order valence-electron chi connectivity index (χ4n) is 1.45. The molecule has 0 bridgehead atoms. The summed E-state index contributed by atoms with van der Waals surface area (Å²) in [6.45, 7) is 0. The summed E-state index contributed by atoms with van der Waals surface area (Å²) in [6, 6.07) is 11.1. The van der Waals surface area contributed by atoms with Gasteiger partial charge >= 0.3 is 0 Å². The molecule has 0 unspecified atom stereocenters. The zero-order valence-electron chi connectivity index (χ0n) is 8.65. The molecule has 0 aliphatic carbocycles. The molecule has 17 heavy (non-hydrogen) atoms. The molecule has 2 nitrogen and oxygen atoms in total. The number of ketones is 1.